The van der Waals surface area contributed by atoms with Crippen molar-refractivity contribution in [1.29, 1.82) is 0 Å². The molecule has 1 aliphatic rings. The van der Waals surface area contributed by atoms with Crippen molar-refractivity contribution in [3.05, 3.63) is 0 Å². The van der Waals surface area contributed by atoms with Crippen LogP contribution < -0.4 is 5.32 Å². The molecule has 0 unspecified atom stereocenters. The maximum Gasteiger partial charge on any atom is 0.240 e. The van der Waals surface area contributed by atoms with E-state index in [1.165, 1.54) is 0 Å². The number of ether oxygens (including phenoxy) is 1. The molecule has 0 bridgehead atoms. The lowest BCUT2D eigenvalue weighted by Crippen LogP contribution is -2.44. The van der Waals surface area contributed by atoms with Crippen LogP contribution in [0.5, 0.6) is 0 Å². The first-order chi connectivity index (χ1) is 5.29. The van der Waals surface area contributed by atoms with Crippen molar-refractivity contribution in [2.24, 2.45) is 5.92 Å². The van der Waals surface area contributed by atoms with Crippen molar-refractivity contribution in [1.82, 2.24) is 5.32 Å². The van der Waals surface area contributed by atoms with Crippen LogP contribution in [0.15, 0.2) is 0 Å². The van der Waals surface area contributed by atoms with Gasteiger partial charge < -0.3 is 10.1 Å². The molecular weight excluding hydrogens is 152 g/mol. The van der Waals surface area contributed by atoms with Gasteiger partial charge in [0, 0.05) is 25.4 Å². The van der Waals surface area contributed by atoms with E-state index >= 15 is 0 Å². The Bertz CT molecular complexity index is 107. The molecule has 1 aliphatic heterocycles. The Morgan fingerprint density at radius 1 is 1.45 bits per heavy atom. The molecule has 11 heavy (non-hydrogen) atoms. The Balaban J connectivity index is 1.80. The highest BCUT2D eigenvalue weighted by atomic mass is 19.3. The van der Waals surface area contributed by atoms with Gasteiger partial charge in [-0.3, -0.25) is 0 Å². The molecule has 0 aromatic carbocycles. The first-order valence-corrected chi connectivity index (χ1v) is 3.85. The van der Waals surface area contributed by atoms with Crippen LogP contribution in [0.1, 0.15) is 6.42 Å². The fourth-order valence-electron chi connectivity index (χ4n) is 0.889. The van der Waals surface area contributed by atoms with Crippen molar-refractivity contribution < 1.29 is 13.5 Å². The summed E-state index contributed by atoms with van der Waals surface area (Å²) in [6.07, 6.45) is -2.37. The number of nitrogens with one attached hydrogen (secondary N) is 1. The van der Waals surface area contributed by atoms with E-state index in [0.717, 1.165) is 13.1 Å². The van der Waals surface area contributed by atoms with Gasteiger partial charge in [-0.2, -0.15) is 0 Å². The fraction of sp³-hybridized carbons (Fsp3) is 1.00. The number of hydrogen-bond donors (Lipinski definition) is 1. The highest BCUT2D eigenvalue weighted by Crippen LogP contribution is 2.04. The first-order valence-electron chi connectivity index (χ1n) is 3.85. The van der Waals surface area contributed by atoms with Gasteiger partial charge >= 0.3 is 0 Å². The third-order valence-electron chi connectivity index (χ3n) is 1.70. The largest absolute Gasteiger partial charge is 0.381 e. The minimum Gasteiger partial charge on any atom is -0.381 e. The van der Waals surface area contributed by atoms with Gasteiger partial charge in [0.2, 0.25) is 6.43 Å². The molecule has 0 spiro atoms. The molecule has 1 rings (SSSR count). The SMILES string of the molecule is FC(F)CCOCC1CNC1. The molecule has 2 nitrogen and oxygen atoms in total. The van der Waals surface area contributed by atoms with Crippen LogP contribution in [-0.2, 0) is 4.74 Å². The summed E-state index contributed by atoms with van der Waals surface area (Å²) in [5.74, 6) is 0.549. The van der Waals surface area contributed by atoms with E-state index in [1.807, 2.05) is 0 Å². The summed E-state index contributed by atoms with van der Waals surface area (Å²) in [6.45, 7) is 2.75. The molecule has 0 aliphatic carbocycles. The van der Waals surface area contributed by atoms with Gasteiger partial charge in [0.05, 0.1) is 13.2 Å². The van der Waals surface area contributed by atoms with Crippen molar-refractivity contribution in [2.45, 2.75) is 12.8 Å². The van der Waals surface area contributed by atoms with Gasteiger partial charge in [-0.1, -0.05) is 0 Å². The molecule has 66 valence electrons. The third-order valence-corrected chi connectivity index (χ3v) is 1.70. The standard InChI is InChI=1S/C7H13F2NO/c8-7(9)1-2-11-5-6-3-10-4-6/h6-7,10H,1-5H2. The van der Waals surface area contributed by atoms with E-state index in [-0.39, 0.29) is 13.0 Å². The Hall–Kier alpha value is -0.220. The zero-order valence-electron chi connectivity index (χ0n) is 6.35. The molecule has 1 fully saturated rings. The van der Waals surface area contributed by atoms with Crippen LogP contribution in [0.25, 0.3) is 0 Å². The van der Waals surface area contributed by atoms with Crippen LogP contribution in [0.4, 0.5) is 8.78 Å². The average Bonchev–Trinajstić information content (AvgIpc) is 1.82. The Morgan fingerprint density at radius 3 is 2.64 bits per heavy atom. The summed E-state index contributed by atoms with van der Waals surface area (Å²) >= 11 is 0. The van der Waals surface area contributed by atoms with Crippen LogP contribution in [-0.4, -0.2) is 32.7 Å². The number of alkyl halides is 2. The van der Waals surface area contributed by atoms with Crippen molar-refractivity contribution in [3.8, 4) is 0 Å². The molecule has 0 aromatic heterocycles. The quantitative estimate of drug-likeness (QED) is 0.610. The maximum atomic E-state index is 11.6. The molecule has 1 saturated heterocycles. The molecule has 0 amide bonds. The first kappa shape index (κ1) is 8.87. The van der Waals surface area contributed by atoms with Gasteiger partial charge in [-0.05, 0) is 0 Å². The van der Waals surface area contributed by atoms with E-state index in [0.29, 0.717) is 12.5 Å². The molecule has 0 saturated carbocycles. The smallest absolute Gasteiger partial charge is 0.240 e. The van der Waals surface area contributed by atoms with Gasteiger partial charge in [-0.25, -0.2) is 8.78 Å². The summed E-state index contributed by atoms with van der Waals surface area (Å²) in [7, 11) is 0. The van der Waals surface area contributed by atoms with Gasteiger partial charge in [0.1, 0.15) is 0 Å². The van der Waals surface area contributed by atoms with Gasteiger partial charge in [0.15, 0.2) is 0 Å². The predicted molar refractivity (Wildman–Crippen MR) is 37.8 cm³/mol. The normalized spacial score (nSPS) is 18.8. The maximum absolute atomic E-state index is 11.6. The lowest BCUT2D eigenvalue weighted by Gasteiger charge is -2.26. The van der Waals surface area contributed by atoms with E-state index in [2.05, 4.69) is 5.32 Å². The molecule has 1 N–H and O–H groups in total. The lowest BCUT2D eigenvalue weighted by atomic mass is 10.1. The Morgan fingerprint density at radius 2 is 2.18 bits per heavy atom. The van der Waals surface area contributed by atoms with Gasteiger partial charge in [-0.15, -0.1) is 0 Å². The summed E-state index contributed by atoms with van der Waals surface area (Å²) in [6, 6.07) is 0. The van der Waals surface area contributed by atoms with Crippen molar-refractivity contribution in [3.63, 3.8) is 0 Å². The molecule has 0 aromatic rings. The zero-order chi connectivity index (χ0) is 8.10. The number of hydrogen-bond acceptors (Lipinski definition) is 2. The lowest BCUT2D eigenvalue weighted by molar-refractivity contribution is 0.0414. The summed E-state index contributed by atoms with van der Waals surface area (Å²) in [5, 5.41) is 3.08. The third kappa shape index (κ3) is 3.62. The van der Waals surface area contributed by atoms with Crippen LogP contribution in [0, 0.1) is 5.92 Å². The summed E-state index contributed by atoms with van der Waals surface area (Å²) in [5.41, 5.74) is 0. The van der Waals surface area contributed by atoms with Crippen LogP contribution in [0.2, 0.25) is 0 Å². The molecule has 0 radical (unpaired) electrons. The van der Waals surface area contributed by atoms with E-state index in [9.17, 15) is 8.78 Å². The topological polar surface area (TPSA) is 21.3 Å². The fourth-order valence-corrected chi connectivity index (χ4v) is 0.889. The minimum absolute atomic E-state index is 0.139. The number of halogens is 2. The van der Waals surface area contributed by atoms with E-state index < -0.39 is 6.43 Å². The highest BCUT2D eigenvalue weighted by molar-refractivity contribution is 4.73. The predicted octanol–water partition coefficient (Wildman–Crippen LogP) is 0.878. The number of rotatable bonds is 5. The Kier molecular flexibility index (Phi) is 3.72. The second-order valence-electron chi connectivity index (χ2n) is 2.78. The van der Waals surface area contributed by atoms with E-state index in [1.54, 1.807) is 0 Å². The van der Waals surface area contributed by atoms with Gasteiger partial charge in [0.25, 0.3) is 0 Å². The molecular formula is C7H13F2NO. The second-order valence-corrected chi connectivity index (χ2v) is 2.78. The average molecular weight is 165 g/mol. The highest BCUT2D eigenvalue weighted by Gasteiger charge is 2.16. The van der Waals surface area contributed by atoms with Crippen LogP contribution >= 0.6 is 0 Å². The summed E-state index contributed by atoms with van der Waals surface area (Å²) < 4.78 is 28.2. The second kappa shape index (κ2) is 4.62. The monoisotopic (exact) mass is 165 g/mol. The minimum atomic E-state index is -2.23. The molecule has 0 atom stereocenters. The van der Waals surface area contributed by atoms with Crippen molar-refractivity contribution in [2.75, 3.05) is 26.3 Å². The molecule has 1 heterocycles. The van der Waals surface area contributed by atoms with E-state index in [4.69, 9.17) is 4.74 Å². The summed E-state index contributed by atoms with van der Waals surface area (Å²) in [4.78, 5) is 0. The van der Waals surface area contributed by atoms with Crippen LogP contribution in [0.3, 0.4) is 0 Å². The molecule has 4 heteroatoms. The zero-order valence-corrected chi connectivity index (χ0v) is 6.35. The Labute approximate surface area is 64.9 Å². The van der Waals surface area contributed by atoms with Crippen molar-refractivity contribution >= 4 is 0 Å².